The SMILES string of the molecule is O=C(COC(=O)/C=C/c1ccccc1F)Nc1ccc(OCc2ccccc2)cc1. The van der Waals surface area contributed by atoms with Crippen LogP contribution in [0.2, 0.25) is 0 Å². The lowest BCUT2D eigenvalue weighted by Gasteiger charge is -2.08. The van der Waals surface area contributed by atoms with E-state index >= 15 is 0 Å². The number of hydrogen-bond donors (Lipinski definition) is 1. The molecule has 152 valence electrons. The Morgan fingerprint density at radius 2 is 1.60 bits per heavy atom. The summed E-state index contributed by atoms with van der Waals surface area (Å²) in [5, 5.41) is 2.63. The number of halogens is 1. The van der Waals surface area contributed by atoms with E-state index < -0.39 is 24.3 Å². The average molecular weight is 405 g/mol. The topological polar surface area (TPSA) is 64.6 Å². The first-order valence-corrected chi connectivity index (χ1v) is 9.26. The van der Waals surface area contributed by atoms with Crippen LogP contribution in [0.15, 0.2) is 84.9 Å². The van der Waals surface area contributed by atoms with E-state index in [1.807, 2.05) is 30.3 Å². The Balaban J connectivity index is 1.42. The van der Waals surface area contributed by atoms with Gasteiger partial charge in [0.05, 0.1) is 0 Å². The Morgan fingerprint density at radius 3 is 2.33 bits per heavy atom. The third kappa shape index (κ3) is 6.60. The summed E-state index contributed by atoms with van der Waals surface area (Å²) in [4.78, 5) is 23.6. The van der Waals surface area contributed by atoms with Gasteiger partial charge in [0.25, 0.3) is 5.91 Å². The van der Waals surface area contributed by atoms with Gasteiger partial charge in [0.2, 0.25) is 0 Å². The highest BCUT2D eigenvalue weighted by Gasteiger charge is 2.06. The first-order valence-electron chi connectivity index (χ1n) is 9.26. The molecule has 3 rings (SSSR count). The van der Waals surface area contributed by atoms with E-state index in [-0.39, 0.29) is 5.56 Å². The molecule has 3 aromatic rings. The fourth-order valence-corrected chi connectivity index (χ4v) is 2.53. The molecule has 5 nitrogen and oxygen atoms in total. The monoisotopic (exact) mass is 405 g/mol. The van der Waals surface area contributed by atoms with Crippen LogP contribution in [-0.2, 0) is 20.9 Å². The molecule has 30 heavy (non-hydrogen) atoms. The summed E-state index contributed by atoms with van der Waals surface area (Å²) >= 11 is 0. The van der Waals surface area contributed by atoms with Gasteiger partial charge >= 0.3 is 5.97 Å². The standard InChI is InChI=1S/C24H20FNO4/c25-22-9-5-4-8-19(22)10-15-24(28)30-17-23(27)26-20-11-13-21(14-12-20)29-16-18-6-2-1-3-7-18/h1-15H,16-17H2,(H,26,27)/b15-10+. The number of nitrogens with one attached hydrogen (secondary N) is 1. The molecular formula is C24H20FNO4. The second kappa shape index (κ2) is 10.6. The summed E-state index contributed by atoms with van der Waals surface area (Å²) in [7, 11) is 0. The summed E-state index contributed by atoms with van der Waals surface area (Å²) in [6.07, 6.45) is 2.37. The number of rotatable bonds is 8. The fraction of sp³-hybridized carbons (Fsp3) is 0.0833. The maximum atomic E-state index is 13.5. The Labute approximate surface area is 173 Å². The molecule has 3 aromatic carbocycles. The number of benzene rings is 3. The lowest BCUT2D eigenvalue weighted by atomic mass is 10.2. The molecule has 0 atom stereocenters. The number of carbonyl (C=O) groups excluding carboxylic acids is 2. The van der Waals surface area contributed by atoms with Crippen molar-refractivity contribution in [3.8, 4) is 5.75 Å². The minimum Gasteiger partial charge on any atom is -0.489 e. The van der Waals surface area contributed by atoms with Crippen molar-refractivity contribution in [1.82, 2.24) is 0 Å². The third-order valence-electron chi connectivity index (χ3n) is 4.04. The second-order valence-electron chi connectivity index (χ2n) is 6.31. The summed E-state index contributed by atoms with van der Waals surface area (Å²) in [6, 6.07) is 22.7. The van der Waals surface area contributed by atoms with E-state index in [9.17, 15) is 14.0 Å². The molecule has 0 bridgehead atoms. The van der Waals surface area contributed by atoms with E-state index in [0.717, 1.165) is 11.6 Å². The predicted octanol–water partition coefficient (Wildman–Crippen LogP) is 4.60. The molecular weight excluding hydrogens is 385 g/mol. The van der Waals surface area contributed by atoms with E-state index in [4.69, 9.17) is 9.47 Å². The van der Waals surface area contributed by atoms with Crippen LogP contribution in [0.3, 0.4) is 0 Å². The first-order chi connectivity index (χ1) is 14.6. The van der Waals surface area contributed by atoms with Crippen LogP contribution in [0, 0.1) is 5.82 Å². The molecule has 0 radical (unpaired) electrons. The van der Waals surface area contributed by atoms with Crippen LogP contribution in [0.4, 0.5) is 10.1 Å². The van der Waals surface area contributed by atoms with Crippen LogP contribution in [-0.4, -0.2) is 18.5 Å². The molecule has 0 heterocycles. The molecule has 0 aliphatic rings. The highest BCUT2D eigenvalue weighted by Crippen LogP contribution is 2.17. The van der Waals surface area contributed by atoms with Crippen molar-refractivity contribution in [3.05, 3.63) is 102 Å². The predicted molar refractivity (Wildman–Crippen MR) is 112 cm³/mol. The van der Waals surface area contributed by atoms with Crippen molar-refractivity contribution in [2.75, 3.05) is 11.9 Å². The van der Waals surface area contributed by atoms with Crippen molar-refractivity contribution in [3.63, 3.8) is 0 Å². The number of amides is 1. The molecule has 0 spiro atoms. The smallest absolute Gasteiger partial charge is 0.331 e. The third-order valence-corrected chi connectivity index (χ3v) is 4.04. The number of hydrogen-bond acceptors (Lipinski definition) is 4. The van der Waals surface area contributed by atoms with Gasteiger partial charge in [0.15, 0.2) is 6.61 Å². The zero-order valence-corrected chi connectivity index (χ0v) is 16.1. The van der Waals surface area contributed by atoms with Gasteiger partial charge in [0.1, 0.15) is 18.2 Å². The molecule has 0 saturated carbocycles. The Kier molecular flexibility index (Phi) is 7.33. The lowest BCUT2D eigenvalue weighted by Crippen LogP contribution is -2.20. The maximum absolute atomic E-state index is 13.5. The van der Waals surface area contributed by atoms with Crippen molar-refractivity contribution >= 4 is 23.6 Å². The van der Waals surface area contributed by atoms with Gasteiger partial charge in [-0.1, -0.05) is 48.5 Å². The minimum atomic E-state index is -0.738. The summed E-state index contributed by atoms with van der Waals surface area (Å²) in [6.45, 7) is -0.00437. The van der Waals surface area contributed by atoms with Crippen molar-refractivity contribution in [1.29, 1.82) is 0 Å². The Bertz CT molecular complexity index is 1020. The van der Waals surface area contributed by atoms with E-state index in [1.165, 1.54) is 18.2 Å². The van der Waals surface area contributed by atoms with Gasteiger partial charge in [-0.15, -0.1) is 0 Å². The molecule has 0 aliphatic carbocycles. The molecule has 1 N–H and O–H groups in total. The first kappa shape index (κ1) is 20.8. The second-order valence-corrected chi connectivity index (χ2v) is 6.31. The fourth-order valence-electron chi connectivity index (χ4n) is 2.53. The molecule has 0 unspecified atom stereocenters. The Hall–Kier alpha value is -3.93. The van der Waals surface area contributed by atoms with E-state index in [0.29, 0.717) is 18.0 Å². The van der Waals surface area contributed by atoms with Gasteiger partial charge in [-0.3, -0.25) is 4.79 Å². The van der Waals surface area contributed by atoms with Crippen molar-refractivity contribution < 1.29 is 23.5 Å². The van der Waals surface area contributed by atoms with Crippen molar-refractivity contribution in [2.45, 2.75) is 6.61 Å². The zero-order chi connectivity index (χ0) is 21.2. The minimum absolute atomic E-state index is 0.258. The number of esters is 1. The molecule has 1 amide bonds. The van der Waals surface area contributed by atoms with Gasteiger partial charge in [0, 0.05) is 17.3 Å². The van der Waals surface area contributed by atoms with Gasteiger partial charge in [-0.25, -0.2) is 9.18 Å². The van der Waals surface area contributed by atoms with Crippen LogP contribution >= 0.6 is 0 Å². The van der Waals surface area contributed by atoms with Crippen LogP contribution < -0.4 is 10.1 Å². The highest BCUT2D eigenvalue weighted by atomic mass is 19.1. The molecule has 6 heteroatoms. The molecule has 0 aliphatic heterocycles. The quantitative estimate of drug-likeness (QED) is 0.439. The van der Waals surface area contributed by atoms with Gasteiger partial charge in [-0.05, 0) is 42.0 Å². The van der Waals surface area contributed by atoms with E-state index in [2.05, 4.69) is 5.32 Å². The van der Waals surface area contributed by atoms with E-state index in [1.54, 1.807) is 36.4 Å². The zero-order valence-electron chi connectivity index (χ0n) is 16.1. The highest BCUT2D eigenvalue weighted by molar-refractivity contribution is 5.94. The number of ether oxygens (including phenoxy) is 2. The number of anilines is 1. The largest absolute Gasteiger partial charge is 0.489 e. The summed E-state index contributed by atoms with van der Waals surface area (Å²) < 4.78 is 24.0. The summed E-state index contributed by atoms with van der Waals surface area (Å²) in [5.74, 6) is -1.00. The average Bonchev–Trinajstić information content (AvgIpc) is 2.77. The van der Waals surface area contributed by atoms with Crippen LogP contribution in [0.5, 0.6) is 5.75 Å². The van der Waals surface area contributed by atoms with Crippen LogP contribution in [0.1, 0.15) is 11.1 Å². The maximum Gasteiger partial charge on any atom is 0.331 e. The summed E-state index contributed by atoms with van der Waals surface area (Å²) in [5.41, 5.74) is 1.86. The molecule has 0 aromatic heterocycles. The van der Waals surface area contributed by atoms with Gasteiger partial charge in [-0.2, -0.15) is 0 Å². The number of carbonyl (C=O) groups is 2. The van der Waals surface area contributed by atoms with Gasteiger partial charge < -0.3 is 14.8 Å². The molecule has 0 saturated heterocycles. The molecule has 0 fully saturated rings. The normalized spacial score (nSPS) is 10.6. The Morgan fingerprint density at radius 1 is 0.900 bits per heavy atom. The lowest BCUT2D eigenvalue weighted by molar-refractivity contribution is -0.142. The van der Waals surface area contributed by atoms with Crippen molar-refractivity contribution in [2.24, 2.45) is 0 Å². The van der Waals surface area contributed by atoms with Crippen LogP contribution in [0.25, 0.3) is 6.08 Å².